The highest BCUT2D eigenvalue weighted by molar-refractivity contribution is 7.90. The van der Waals surface area contributed by atoms with Gasteiger partial charge in [-0.1, -0.05) is 41.4 Å². The van der Waals surface area contributed by atoms with Gasteiger partial charge in [0.2, 0.25) is 6.29 Å². The van der Waals surface area contributed by atoms with Gasteiger partial charge in [0.1, 0.15) is 11.6 Å². The molecule has 0 bridgehead atoms. The summed E-state index contributed by atoms with van der Waals surface area (Å²) in [6.45, 7) is 2.73. The third kappa shape index (κ3) is 10.8. The lowest BCUT2D eigenvalue weighted by Gasteiger charge is -2.30. The lowest BCUT2D eigenvalue weighted by Crippen LogP contribution is -2.45. The number of rotatable bonds is 14. The monoisotopic (exact) mass is 844 g/mol. The number of nitrogens with zero attached hydrogens (tertiary/aromatic N) is 1. The average molecular weight is 846 g/mol. The number of halogens is 2. The second kappa shape index (κ2) is 18.7. The molecule has 0 radical (unpaired) electrons. The zero-order chi connectivity index (χ0) is 40.7. The number of esters is 1. The van der Waals surface area contributed by atoms with Crippen LogP contribution in [0.15, 0.2) is 70.2 Å². The van der Waals surface area contributed by atoms with Crippen LogP contribution in [0, 0.1) is 0 Å². The molecule has 2 aliphatic heterocycles. The fourth-order valence-corrected chi connectivity index (χ4v) is 8.03. The van der Waals surface area contributed by atoms with Crippen LogP contribution in [0.25, 0.3) is 11.0 Å². The van der Waals surface area contributed by atoms with E-state index in [0.717, 1.165) is 30.9 Å². The van der Waals surface area contributed by atoms with Gasteiger partial charge in [-0.25, -0.2) is 18.0 Å². The summed E-state index contributed by atoms with van der Waals surface area (Å²) in [5.41, 5.74) is 2.59. The molecule has 0 aliphatic carbocycles. The number of amides is 2. The van der Waals surface area contributed by atoms with Gasteiger partial charge in [0.15, 0.2) is 16.1 Å². The summed E-state index contributed by atoms with van der Waals surface area (Å²) in [7, 11) is -3.60. The Morgan fingerprint density at radius 2 is 1.84 bits per heavy atom. The molecule has 1 fully saturated rings. The first-order chi connectivity index (χ1) is 27.3. The molecule has 3 atom stereocenters. The van der Waals surface area contributed by atoms with E-state index >= 15 is 0 Å². The molecule has 2 amide bonds. The van der Waals surface area contributed by atoms with E-state index in [2.05, 4.69) is 5.32 Å². The minimum Gasteiger partial charge on any atom is -0.464 e. The van der Waals surface area contributed by atoms with Crippen molar-refractivity contribution >= 4 is 67.9 Å². The SMILES string of the molecule is CC(OC(=O)OCCCOC1CCCCO1)OC(=O)[C@H](Cc1cccc(S(C)(=O)=O)c1)NC(=O)c1c(Cl)cc2c(c1Cl)CCN(C(=O)c1ccc3ccoc3c1)C2. The third-order valence-corrected chi connectivity index (χ3v) is 11.3. The van der Waals surface area contributed by atoms with Crippen molar-refractivity contribution < 1.29 is 55.7 Å². The topological polar surface area (TPSA) is 177 Å². The van der Waals surface area contributed by atoms with Crippen LogP contribution in [0.5, 0.6) is 0 Å². The van der Waals surface area contributed by atoms with Crippen LogP contribution < -0.4 is 5.32 Å². The number of sulfone groups is 1. The molecule has 57 heavy (non-hydrogen) atoms. The van der Waals surface area contributed by atoms with Gasteiger partial charge in [0.05, 0.1) is 40.0 Å². The molecule has 1 N–H and O–H groups in total. The molecular weight excluding hydrogens is 803 g/mol. The Balaban J connectivity index is 1.12. The number of fused-ring (bicyclic) bond motifs is 2. The smallest absolute Gasteiger partial charge is 0.464 e. The fourth-order valence-electron chi connectivity index (χ4n) is 6.58. The Hall–Kier alpha value is -4.67. The third-order valence-electron chi connectivity index (χ3n) is 9.47. The highest BCUT2D eigenvalue weighted by atomic mass is 35.5. The van der Waals surface area contributed by atoms with E-state index in [-0.39, 0.29) is 52.3 Å². The maximum atomic E-state index is 13.9. The Labute approximate surface area is 339 Å². The summed E-state index contributed by atoms with van der Waals surface area (Å²) in [5.74, 6) is -2.02. The summed E-state index contributed by atoms with van der Waals surface area (Å²) in [4.78, 5) is 54.9. The number of carbonyl (C=O) groups is 4. The molecule has 2 aliphatic rings. The van der Waals surface area contributed by atoms with Crippen LogP contribution >= 0.6 is 23.2 Å². The summed E-state index contributed by atoms with van der Waals surface area (Å²) in [6, 6.07) is 13.0. The standard InChI is InChI=1S/C40H42Cl2N2O12S/c1-24(56-40(48)54-17-6-16-53-34-9-3-4-15-52-34)55-39(47)32(20-25-7-5-8-29(19-25)57(2,49)50)43-37(45)35-31(41)21-28-23-44(14-12-30(28)36(35)42)38(46)27-11-10-26-13-18-51-33(26)22-27/h5,7-8,10-11,13,18-19,21-22,24,32,34H,3-4,6,9,12,14-17,20,23H2,1-2H3,(H,43,45)/t24?,32-,34?/m0/s1. The number of hydrogen-bond donors (Lipinski definition) is 1. The largest absolute Gasteiger partial charge is 0.511 e. The minimum absolute atomic E-state index is 0.00405. The molecule has 1 saturated heterocycles. The summed E-state index contributed by atoms with van der Waals surface area (Å²) >= 11 is 13.5. The van der Waals surface area contributed by atoms with Crippen molar-refractivity contribution in [1.29, 1.82) is 0 Å². The van der Waals surface area contributed by atoms with Gasteiger partial charge >= 0.3 is 12.1 Å². The van der Waals surface area contributed by atoms with Gasteiger partial charge < -0.3 is 38.3 Å². The van der Waals surface area contributed by atoms with E-state index < -0.39 is 40.2 Å². The van der Waals surface area contributed by atoms with Crippen LogP contribution in [0.3, 0.4) is 0 Å². The second-order valence-corrected chi connectivity index (χ2v) is 16.5. The van der Waals surface area contributed by atoms with E-state index in [1.165, 1.54) is 25.1 Å². The molecule has 4 aromatic rings. The number of carbonyl (C=O) groups excluding carboxylic acids is 4. The molecule has 0 spiro atoms. The molecule has 17 heteroatoms. The maximum Gasteiger partial charge on any atom is 0.511 e. The Morgan fingerprint density at radius 1 is 1.02 bits per heavy atom. The number of nitrogens with one attached hydrogen (secondary N) is 1. The molecule has 0 saturated carbocycles. The van der Waals surface area contributed by atoms with Crippen LogP contribution in [0.4, 0.5) is 4.79 Å². The predicted octanol–water partition coefficient (Wildman–Crippen LogP) is 6.66. The molecule has 14 nitrogen and oxygen atoms in total. The normalized spacial score (nSPS) is 16.6. The fraction of sp³-hybridized carbons (Fsp3) is 0.400. The van der Waals surface area contributed by atoms with Gasteiger partial charge in [0.25, 0.3) is 11.8 Å². The van der Waals surface area contributed by atoms with E-state index in [1.54, 1.807) is 35.4 Å². The number of furan rings is 1. The quantitative estimate of drug-likeness (QED) is 0.0813. The van der Waals surface area contributed by atoms with Crippen LogP contribution in [-0.4, -0.2) is 88.5 Å². The van der Waals surface area contributed by atoms with Crippen molar-refractivity contribution in [1.82, 2.24) is 10.2 Å². The van der Waals surface area contributed by atoms with Gasteiger partial charge in [0, 0.05) is 56.7 Å². The molecular formula is C40H42Cl2N2O12S. The highest BCUT2D eigenvalue weighted by Gasteiger charge is 2.32. The molecule has 3 heterocycles. The lowest BCUT2D eigenvalue weighted by atomic mass is 9.95. The molecule has 3 aromatic carbocycles. The molecule has 304 valence electrons. The number of hydrogen-bond acceptors (Lipinski definition) is 12. The van der Waals surface area contributed by atoms with Crippen molar-refractivity contribution in [3.63, 3.8) is 0 Å². The maximum absolute atomic E-state index is 13.9. The molecule has 2 unspecified atom stereocenters. The second-order valence-electron chi connectivity index (χ2n) is 13.7. The van der Waals surface area contributed by atoms with Crippen molar-refractivity contribution in [2.75, 3.05) is 32.6 Å². The lowest BCUT2D eigenvalue weighted by molar-refractivity contribution is -0.171. The zero-order valence-electron chi connectivity index (χ0n) is 31.3. The van der Waals surface area contributed by atoms with Crippen LogP contribution in [0.1, 0.15) is 70.0 Å². The van der Waals surface area contributed by atoms with E-state index in [0.29, 0.717) is 60.4 Å². The van der Waals surface area contributed by atoms with E-state index in [1.807, 2.05) is 12.1 Å². The van der Waals surface area contributed by atoms with E-state index in [9.17, 15) is 27.6 Å². The van der Waals surface area contributed by atoms with Gasteiger partial charge in [-0.15, -0.1) is 0 Å². The first-order valence-electron chi connectivity index (χ1n) is 18.4. The average Bonchev–Trinajstić information content (AvgIpc) is 3.65. The van der Waals surface area contributed by atoms with Crippen molar-refractivity contribution in [2.45, 2.75) is 75.5 Å². The van der Waals surface area contributed by atoms with Crippen molar-refractivity contribution in [3.8, 4) is 0 Å². The molecule has 1 aromatic heterocycles. The number of benzene rings is 3. The highest BCUT2D eigenvalue weighted by Crippen LogP contribution is 2.35. The Kier molecular flexibility index (Phi) is 13.8. The van der Waals surface area contributed by atoms with E-state index in [4.69, 9.17) is 51.3 Å². The Bertz CT molecular complexity index is 2240. The summed E-state index contributed by atoms with van der Waals surface area (Å²) < 4.78 is 56.7. The summed E-state index contributed by atoms with van der Waals surface area (Å²) in [5, 5.41) is 3.53. The van der Waals surface area contributed by atoms with Gasteiger partial charge in [-0.05, 0) is 78.8 Å². The first kappa shape index (κ1) is 41.9. The van der Waals surface area contributed by atoms with Crippen LogP contribution in [-0.2, 0) is 57.7 Å². The zero-order valence-corrected chi connectivity index (χ0v) is 33.6. The first-order valence-corrected chi connectivity index (χ1v) is 21.0. The number of ether oxygens (including phenoxy) is 5. The van der Waals surface area contributed by atoms with Crippen molar-refractivity contribution in [2.24, 2.45) is 0 Å². The minimum atomic E-state index is -3.60. The van der Waals surface area contributed by atoms with Crippen LogP contribution in [0.2, 0.25) is 10.0 Å². The van der Waals surface area contributed by atoms with Gasteiger partial charge in [-0.2, -0.15) is 0 Å². The summed E-state index contributed by atoms with van der Waals surface area (Å²) in [6.07, 6.45) is 3.12. The molecule has 6 rings (SSSR count). The Morgan fingerprint density at radius 3 is 2.61 bits per heavy atom. The van der Waals surface area contributed by atoms with Crippen molar-refractivity contribution in [3.05, 3.63) is 98.7 Å². The predicted molar refractivity (Wildman–Crippen MR) is 208 cm³/mol. The van der Waals surface area contributed by atoms with Gasteiger partial charge in [-0.3, -0.25) is 9.59 Å².